The van der Waals surface area contributed by atoms with Crippen molar-refractivity contribution in [3.05, 3.63) is 41.6 Å². The molecule has 0 saturated heterocycles. The molecule has 2 rings (SSSR count). The van der Waals surface area contributed by atoms with Gasteiger partial charge < -0.3 is 4.90 Å². The number of carbonyl (C=O) groups is 1. The summed E-state index contributed by atoms with van der Waals surface area (Å²) in [6, 6.07) is 9.63. The van der Waals surface area contributed by atoms with Gasteiger partial charge in [-0.1, -0.05) is 18.2 Å². The lowest BCUT2D eigenvalue weighted by molar-refractivity contribution is 0.112. The van der Waals surface area contributed by atoms with Gasteiger partial charge in [0.2, 0.25) is 0 Å². The highest BCUT2D eigenvalue weighted by molar-refractivity contribution is 5.85. The maximum absolute atomic E-state index is 11.2. The second-order valence-electron chi connectivity index (χ2n) is 4.40. The number of rotatable bonds is 4. The molecule has 1 aromatic heterocycles. The van der Waals surface area contributed by atoms with Crippen molar-refractivity contribution in [3.8, 4) is 5.69 Å². The Hall–Kier alpha value is -2.43. The Morgan fingerprint density at radius 3 is 2.53 bits per heavy atom. The Labute approximate surface area is 112 Å². The summed E-state index contributed by atoms with van der Waals surface area (Å²) in [4.78, 5) is 17.4. The van der Waals surface area contributed by atoms with Crippen LogP contribution in [0.5, 0.6) is 0 Å². The summed E-state index contributed by atoms with van der Waals surface area (Å²) < 4.78 is 1.68. The lowest BCUT2D eigenvalue weighted by atomic mass is 10.2. The molecule has 0 amide bonds. The monoisotopic (exact) mass is 256 g/mol. The fourth-order valence-electron chi connectivity index (χ4n) is 1.71. The molecule has 0 atom stereocenters. The van der Waals surface area contributed by atoms with Crippen molar-refractivity contribution >= 4 is 18.4 Å². The smallest absolute Gasteiger partial charge is 0.168 e. The molecule has 2 aromatic rings. The zero-order valence-electron chi connectivity index (χ0n) is 11.2. The molecule has 98 valence electrons. The Balaban J connectivity index is 2.58. The summed E-state index contributed by atoms with van der Waals surface area (Å²) in [5, 5.41) is 4.38. The van der Waals surface area contributed by atoms with Gasteiger partial charge in [-0.05, 0) is 19.1 Å². The van der Waals surface area contributed by atoms with Gasteiger partial charge in [0.1, 0.15) is 0 Å². The first-order chi connectivity index (χ1) is 9.13. The van der Waals surface area contributed by atoms with E-state index in [4.69, 9.17) is 0 Å². The van der Waals surface area contributed by atoms with E-state index in [1.54, 1.807) is 17.9 Å². The number of hydrogen-bond acceptors (Lipinski definition) is 3. The van der Waals surface area contributed by atoms with E-state index < -0.39 is 0 Å². The van der Waals surface area contributed by atoms with E-state index in [0.29, 0.717) is 17.1 Å². The van der Waals surface area contributed by atoms with Crippen LogP contribution in [0.1, 0.15) is 16.1 Å². The van der Waals surface area contributed by atoms with Gasteiger partial charge in [-0.25, -0.2) is 9.67 Å². The molecule has 0 aliphatic heterocycles. The van der Waals surface area contributed by atoms with Crippen LogP contribution in [-0.4, -0.2) is 41.4 Å². The minimum Gasteiger partial charge on any atom is -0.369 e. The Morgan fingerprint density at radius 1 is 1.26 bits per heavy atom. The molecule has 0 bridgehead atoms. The molecule has 0 fully saturated rings. The second kappa shape index (κ2) is 5.48. The topological polar surface area (TPSA) is 50.5 Å². The first-order valence-corrected chi connectivity index (χ1v) is 5.94. The van der Waals surface area contributed by atoms with Crippen molar-refractivity contribution in [3.63, 3.8) is 0 Å². The van der Waals surface area contributed by atoms with E-state index in [1.165, 1.54) is 0 Å². The van der Waals surface area contributed by atoms with Gasteiger partial charge in [0.15, 0.2) is 12.1 Å². The Kier molecular flexibility index (Phi) is 3.75. The number of aromatic nitrogens is 2. The summed E-state index contributed by atoms with van der Waals surface area (Å²) >= 11 is 0. The van der Waals surface area contributed by atoms with Crippen LogP contribution in [0.25, 0.3) is 5.69 Å². The highest BCUT2D eigenvalue weighted by atomic mass is 16.1. The number of hydrogen-bond donors (Lipinski definition) is 0. The van der Waals surface area contributed by atoms with E-state index in [2.05, 4.69) is 10.1 Å². The van der Waals surface area contributed by atoms with Crippen LogP contribution in [0.4, 0.5) is 5.82 Å². The molecule has 5 heteroatoms. The van der Waals surface area contributed by atoms with Crippen LogP contribution >= 0.6 is 0 Å². The molecular weight excluding hydrogens is 240 g/mol. The third-order valence-corrected chi connectivity index (χ3v) is 2.61. The predicted molar refractivity (Wildman–Crippen MR) is 75.5 cm³/mol. The molecule has 1 aromatic carbocycles. The predicted octanol–water partition coefficient (Wildman–Crippen LogP) is 2.21. The summed E-state index contributed by atoms with van der Waals surface area (Å²) in [5.41, 5.74) is 2.07. The average Bonchev–Trinajstić information content (AvgIpc) is 2.73. The normalized spacial score (nSPS) is 10.9. The molecule has 0 aliphatic carbocycles. The molecule has 0 unspecified atom stereocenters. The Bertz CT molecular complexity index is 599. The Morgan fingerprint density at radius 2 is 1.95 bits per heavy atom. The quantitative estimate of drug-likeness (QED) is 0.479. The van der Waals surface area contributed by atoms with Gasteiger partial charge >= 0.3 is 0 Å². The van der Waals surface area contributed by atoms with Crippen LogP contribution in [0.2, 0.25) is 0 Å². The molecule has 1 heterocycles. The molecule has 5 nitrogen and oxygen atoms in total. The fraction of sp³-hybridized carbons (Fsp3) is 0.214. The van der Waals surface area contributed by atoms with Crippen LogP contribution in [0.3, 0.4) is 0 Å². The molecule has 0 radical (unpaired) electrons. The number of nitrogens with zero attached hydrogens (tertiary/aromatic N) is 4. The second-order valence-corrected chi connectivity index (χ2v) is 4.40. The van der Waals surface area contributed by atoms with Crippen molar-refractivity contribution in [1.29, 1.82) is 0 Å². The third kappa shape index (κ3) is 2.70. The summed E-state index contributed by atoms with van der Waals surface area (Å²) in [7, 11) is 3.75. The average molecular weight is 256 g/mol. The molecule has 0 aliphatic rings. The van der Waals surface area contributed by atoms with Crippen molar-refractivity contribution < 1.29 is 4.79 Å². The van der Waals surface area contributed by atoms with E-state index >= 15 is 0 Å². The van der Waals surface area contributed by atoms with Crippen molar-refractivity contribution in [2.45, 2.75) is 6.92 Å². The SMILES string of the molecule is Cc1nn(-c2ccccc2)c(/N=C/N(C)C)c1C=O. The van der Waals surface area contributed by atoms with Crippen LogP contribution in [-0.2, 0) is 0 Å². The third-order valence-electron chi connectivity index (χ3n) is 2.61. The van der Waals surface area contributed by atoms with Crippen molar-refractivity contribution in [2.75, 3.05) is 14.1 Å². The summed E-state index contributed by atoms with van der Waals surface area (Å²) in [6.45, 7) is 1.80. The largest absolute Gasteiger partial charge is 0.369 e. The number of aldehydes is 1. The van der Waals surface area contributed by atoms with E-state index in [-0.39, 0.29) is 0 Å². The number of carbonyl (C=O) groups excluding carboxylic acids is 1. The highest BCUT2D eigenvalue weighted by Crippen LogP contribution is 2.24. The van der Waals surface area contributed by atoms with Gasteiger partial charge in [-0.2, -0.15) is 5.10 Å². The lowest BCUT2D eigenvalue weighted by Crippen LogP contribution is -2.07. The molecular formula is C14H16N4O. The standard InChI is InChI=1S/C14H16N4O/c1-11-13(9-19)14(15-10-17(2)3)18(16-11)12-7-5-4-6-8-12/h4-10H,1-3H3/b15-10+. The van der Waals surface area contributed by atoms with E-state index in [0.717, 1.165) is 12.0 Å². The fourth-order valence-corrected chi connectivity index (χ4v) is 1.71. The van der Waals surface area contributed by atoms with E-state index in [9.17, 15) is 4.79 Å². The van der Waals surface area contributed by atoms with Crippen LogP contribution < -0.4 is 0 Å². The van der Waals surface area contributed by atoms with Crippen molar-refractivity contribution in [2.24, 2.45) is 4.99 Å². The van der Waals surface area contributed by atoms with Crippen LogP contribution in [0.15, 0.2) is 35.3 Å². The van der Waals surface area contributed by atoms with Gasteiger partial charge in [0.05, 0.1) is 23.3 Å². The zero-order chi connectivity index (χ0) is 13.8. The van der Waals surface area contributed by atoms with Gasteiger partial charge in [-0.15, -0.1) is 0 Å². The first-order valence-electron chi connectivity index (χ1n) is 5.94. The highest BCUT2D eigenvalue weighted by Gasteiger charge is 2.14. The zero-order valence-corrected chi connectivity index (χ0v) is 11.2. The van der Waals surface area contributed by atoms with E-state index in [1.807, 2.05) is 49.3 Å². The molecule has 0 N–H and O–H groups in total. The summed E-state index contributed by atoms with van der Waals surface area (Å²) in [5.74, 6) is 0.549. The van der Waals surface area contributed by atoms with Gasteiger partial charge in [0.25, 0.3) is 0 Å². The maximum Gasteiger partial charge on any atom is 0.168 e. The molecule has 19 heavy (non-hydrogen) atoms. The summed E-state index contributed by atoms with van der Waals surface area (Å²) in [6.07, 6.45) is 2.45. The number of benzene rings is 1. The number of aryl methyl sites for hydroxylation is 1. The minimum atomic E-state index is 0.516. The number of aliphatic imine (C=N–C) groups is 1. The maximum atomic E-state index is 11.2. The van der Waals surface area contributed by atoms with Crippen LogP contribution in [0, 0.1) is 6.92 Å². The molecule has 0 saturated carbocycles. The van der Waals surface area contributed by atoms with Gasteiger partial charge in [0, 0.05) is 14.1 Å². The minimum absolute atomic E-state index is 0.516. The number of para-hydroxylation sites is 1. The first kappa shape index (κ1) is 13.0. The molecule has 0 spiro atoms. The lowest BCUT2D eigenvalue weighted by Gasteiger charge is -2.06. The van der Waals surface area contributed by atoms with Gasteiger partial charge in [-0.3, -0.25) is 4.79 Å². The van der Waals surface area contributed by atoms with Crippen molar-refractivity contribution in [1.82, 2.24) is 14.7 Å².